The lowest BCUT2D eigenvalue weighted by Gasteiger charge is -2.23. The second kappa shape index (κ2) is 10.3. The highest BCUT2D eigenvalue weighted by Crippen LogP contribution is 2.32. The van der Waals surface area contributed by atoms with Gasteiger partial charge in [-0.2, -0.15) is 9.49 Å². The number of carbonyl (C=O) groups is 1. The zero-order valence-electron chi connectivity index (χ0n) is 19.6. The highest BCUT2D eigenvalue weighted by Gasteiger charge is 2.39. The first-order chi connectivity index (χ1) is 16.7. The molecule has 11 heteroatoms. The monoisotopic (exact) mass is 507 g/mol. The predicted molar refractivity (Wildman–Crippen MR) is 124 cm³/mol. The molecule has 0 radical (unpaired) electrons. The molecular formula is C24H25ClF3N5O2. The number of nitrogens with zero attached hydrogens (tertiary/aromatic N) is 5. The van der Waals surface area contributed by atoms with Gasteiger partial charge in [0, 0.05) is 30.8 Å². The number of aryl methyl sites for hydroxylation is 1. The number of halogens is 4. The van der Waals surface area contributed by atoms with E-state index in [0.29, 0.717) is 29.0 Å². The maximum absolute atomic E-state index is 14.7. The van der Waals surface area contributed by atoms with Crippen LogP contribution in [0.2, 0.25) is 5.02 Å². The molecule has 4 rings (SSSR count). The lowest BCUT2D eigenvalue weighted by atomic mass is 10.1. The van der Waals surface area contributed by atoms with Crippen molar-refractivity contribution >= 4 is 23.2 Å². The number of amides is 1. The first kappa shape index (κ1) is 25.0. The van der Waals surface area contributed by atoms with Gasteiger partial charge < -0.3 is 9.74 Å². The minimum absolute atomic E-state index is 0.160. The maximum atomic E-state index is 14.7. The van der Waals surface area contributed by atoms with Crippen molar-refractivity contribution in [3.8, 4) is 11.8 Å². The first-order valence-corrected chi connectivity index (χ1v) is 11.7. The lowest BCUT2D eigenvalue weighted by Crippen LogP contribution is -2.39. The Morgan fingerprint density at radius 1 is 1.34 bits per heavy atom. The number of rotatable bonds is 8. The van der Waals surface area contributed by atoms with Crippen LogP contribution in [0.3, 0.4) is 0 Å². The fourth-order valence-electron chi connectivity index (χ4n) is 3.38. The average Bonchev–Trinajstić information content (AvgIpc) is 3.72. The largest absolute Gasteiger partial charge is 0.393 e. The topological polar surface area (TPSA) is 72.6 Å². The first-order valence-electron chi connectivity index (χ1n) is 11.4. The average molecular weight is 508 g/mol. The van der Waals surface area contributed by atoms with E-state index in [1.54, 1.807) is 26.1 Å². The third-order valence-electron chi connectivity index (χ3n) is 5.48. The number of hydrogen-bond donors (Lipinski definition) is 0. The van der Waals surface area contributed by atoms with Crippen LogP contribution in [0.4, 0.5) is 13.2 Å². The molecule has 2 aliphatic rings. The molecule has 35 heavy (non-hydrogen) atoms. The van der Waals surface area contributed by atoms with Crippen LogP contribution < -0.4 is 0 Å². The van der Waals surface area contributed by atoms with E-state index in [1.165, 1.54) is 11.9 Å². The molecule has 7 nitrogen and oxygen atoms in total. The Kier molecular flexibility index (Phi) is 7.36. The Balaban J connectivity index is 1.67. The molecule has 0 spiro atoms. The molecule has 186 valence electrons. The van der Waals surface area contributed by atoms with Gasteiger partial charge in [0.2, 0.25) is 5.95 Å². The summed E-state index contributed by atoms with van der Waals surface area (Å²) in [7, 11) is 1.17. The zero-order chi connectivity index (χ0) is 25.3. The summed E-state index contributed by atoms with van der Waals surface area (Å²) in [5, 5.41) is 7.90. The molecule has 0 N–H and O–H groups in total. The number of pyridine rings is 1. The Hall–Kier alpha value is -3.06. The van der Waals surface area contributed by atoms with E-state index < -0.39 is 29.5 Å². The van der Waals surface area contributed by atoms with E-state index in [-0.39, 0.29) is 35.1 Å². The summed E-state index contributed by atoms with van der Waals surface area (Å²) in [5.74, 6) is 4.58. The van der Waals surface area contributed by atoms with E-state index in [0.717, 1.165) is 12.8 Å². The quantitative estimate of drug-likeness (QED) is 0.294. The van der Waals surface area contributed by atoms with Crippen LogP contribution in [-0.2, 0) is 11.9 Å². The van der Waals surface area contributed by atoms with Crippen molar-refractivity contribution < 1.29 is 22.8 Å². The highest BCUT2D eigenvalue weighted by atomic mass is 35.5. The van der Waals surface area contributed by atoms with Crippen LogP contribution in [0.1, 0.15) is 73.3 Å². The van der Waals surface area contributed by atoms with Crippen LogP contribution in [0, 0.1) is 23.7 Å². The minimum Gasteiger partial charge on any atom is -0.393 e. The van der Waals surface area contributed by atoms with Crippen LogP contribution in [0.15, 0.2) is 17.4 Å². The van der Waals surface area contributed by atoms with Gasteiger partial charge in [-0.15, -0.1) is 0 Å². The number of aromatic nitrogens is 3. The zero-order valence-corrected chi connectivity index (χ0v) is 20.3. The van der Waals surface area contributed by atoms with Crippen molar-refractivity contribution in [3.63, 3.8) is 0 Å². The van der Waals surface area contributed by atoms with Gasteiger partial charge in [0.15, 0.2) is 0 Å². The molecular weight excluding hydrogens is 483 g/mol. The van der Waals surface area contributed by atoms with Crippen molar-refractivity contribution in [2.45, 2.75) is 58.1 Å². The summed E-state index contributed by atoms with van der Waals surface area (Å²) in [5.41, 5.74) is -0.517. The molecule has 2 heterocycles. The van der Waals surface area contributed by atoms with Gasteiger partial charge >= 0.3 is 0 Å². The SMILES string of the molecule is CC(C)O/N=C(\CN(C(=O)c1c(C(F)F)nn(C)c1F)C1CC1)c1ncc(C#CC2CC2)cc1Cl. The van der Waals surface area contributed by atoms with Crippen molar-refractivity contribution in [1.82, 2.24) is 19.7 Å². The lowest BCUT2D eigenvalue weighted by molar-refractivity contribution is 0.0734. The Bertz CT molecular complexity index is 1210. The van der Waals surface area contributed by atoms with Gasteiger partial charge in [-0.3, -0.25) is 9.78 Å². The van der Waals surface area contributed by atoms with Crippen molar-refractivity contribution in [1.29, 1.82) is 0 Å². The summed E-state index contributed by atoms with van der Waals surface area (Å²) in [4.78, 5) is 24.4. The normalized spacial score (nSPS) is 15.9. The van der Waals surface area contributed by atoms with Crippen LogP contribution >= 0.6 is 11.6 Å². The molecule has 0 bridgehead atoms. The van der Waals surface area contributed by atoms with Crippen molar-refractivity contribution in [2.24, 2.45) is 18.1 Å². The van der Waals surface area contributed by atoms with Gasteiger partial charge in [0.25, 0.3) is 12.3 Å². The van der Waals surface area contributed by atoms with Crippen molar-refractivity contribution in [3.05, 3.63) is 45.7 Å². The summed E-state index contributed by atoms with van der Waals surface area (Å²) in [6.07, 6.45) is 1.64. The molecule has 1 amide bonds. The molecule has 2 saturated carbocycles. The van der Waals surface area contributed by atoms with Gasteiger partial charge in [0.1, 0.15) is 28.8 Å². The van der Waals surface area contributed by atoms with E-state index in [4.69, 9.17) is 16.4 Å². The summed E-state index contributed by atoms with van der Waals surface area (Å²) in [6.45, 7) is 3.39. The number of oxime groups is 1. The smallest absolute Gasteiger partial charge is 0.283 e. The van der Waals surface area contributed by atoms with Crippen molar-refractivity contribution in [2.75, 3.05) is 6.54 Å². The predicted octanol–water partition coefficient (Wildman–Crippen LogP) is 4.74. The third kappa shape index (κ3) is 5.96. The van der Waals surface area contributed by atoms with E-state index in [2.05, 4.69) is 27.1 Å². The standard InChI is InChI=1S/C24H25ClF3N5O2/c1-13(2)35-31-18(20-17(25)10-15(11-29-20)7-6-14-4-5-14)12-33(16-8-9-16)24(34)19-21(22(26)27)30-32(3)23(19)28/h10-11,13-14,16,22H,4-5,8-9,12H2,1-3H3/b31-18+. The second-order valence-electron chi connectivity index (χ2n) is 8.93. The maximum Gasteiger partial charge on any atom is 0.283 e. The second-order valence-corrected chi connectivity index (χ2v) is 9.34. The number of alkyl halides is 2. The molecule has 0 aromatic carbocycles. The summed E-state index contributed by atoms with van der Waals surface area (Å²) < 4.78 is 42.3. The van der Waals surface area contributed by atoms with E-state index in [9.17, 15) is 18.0 Å². The van der Waals surface area contributed by atoms with Crippen LogP contribution in [0.25, 0.3) is 0 Å². The van der Waals surface area contributed by atoms with E-state index in [1.807, 2.05) is 0 Å². The number of hydrogen-bond acceptors (Lipinski definition) is 5. The summed E-state index contributed by atoms with van der Waals surface area (Å²) >= 11 is 6.50. The summed E-state index contributed by atoms with van der Waals surface area (Å²) in [6, 6.07) is 1.39. The molecule has 0 atom stereocenters. The Morgan fingerprint density at radius 2 is 2.06 bits per heavy atom. The van der Waals surface area contributed by atoms with Gasteiger partial charge in [-0.25, -0.2) is 13.5 Å². The Labute approximate surface area is 206 Å². The van der Waals surface area contributed by atoms with Gasteiger partial charge in [-0.05, 0) is 45.6 Å². The molecule has 0 aliphatic heterocycles. The fourth-order valence-corrected chi connectivity index (χ4v) is 3.65. The van der Waals surface area contributed by atoms with Gasteiger partial charge in [0.05, 0.1) is 11.6 Å². The van der Waals surface area contributed by atoms with Crippen LogP contribution in [0.5, 0.6) is 0 Å². The number of carbonyl (C=O) groups excluding carboxylic acids is 1. The molecule has 2 aromatic heterocycles. The third-order valence-corrected chi connectivity index (χ3v) is 5.77. The molecule has 2 fully saturated rings. The Morgan fingerprint density at radius 3 is 2.63 bits per heavy atom. The van der Waals surface area contributed by atoms with E-state index >= 15 is 0 Å². The molecule has 0 saturated heterocycles. The molecule has 2 aliphatic carbocycles. The minimum atomic E-state index is -3.11. The molecule has 2 aromatic rings. The molecule has 0 unspecified atom stereocenters. The van der Waals surface area contributed by atoms with Gasteiger partial charge in [-0.1, -0.05) is 28.6 Å². The van der Waals surface area contributed by atoms with Crippen LogP contribution in [-0.4, -0.2) is 50.0 Å². The highest BCUT2D eigenvalue weighted by molar-refractivity contribution is 6.34. The fraction of sp³-hybridized carbons (Fsp3) is 0.500.